The fourth-order valence-electron chi connectivity index (χ4n) is 2.24. The Kier molecular flexibility index (Phi) is 4.98. The number of benzene rings is 1. The van der Waals surface area contributed by atoms with Gasteiger partial charge in [-0.3, -0.25) is 9.59 Å². The Morgan fingerprint density at radius 2 is 1.77 bits per heavy atom. The molecule has 0 spiro atoms. The topological polar surface area (TPSA) is 87.2 Å². The number of carboxylic acids is 1. The molecule has 1 heterocycles. The first-order valence-electron chi connectivity index (χ1n) is 6.97. The van der Waals surface area contributed by atoms with Crippen molar-refractivity contribution in [2.75, 3.05) is 32.8 Å². The van der Waals surface area contributed by atoms with Gasteiger partial charge in [-0.15, -0.1) is 0 Å². The van der Waals surface area contributed by atoms with Crippen molar-refractivity contribution in [3.05, 3.63) is 29.8 Å². The number of rotatable bonds is 3. The Balaban J connectivity index is 1.80. The van der Waals surface area contributed by atoms with Gasteiger partial charge in [0.2, 0.25) is 0 Å². The quantitative estimate of drug-likeness (QED) is 0.802. The number of carbonyl (C=O) groups is 3. The van der Waals surface area contributed by atoms with Crippen LogP contribution in [0.15, 0.2) is 24.3 Å². The van der Waals surface area contributed by atoms with E-state index in [-0.39, 0.29) is 25.6 Å². The first-order chi connectivity index (χ1) is 10.5. The molecule has 0 aliphatic carbocycles. The number of hydrogen-bond donors (Lipinski definition) is 1. The van der Waals surface area contributed by atoms with Crippen molar-refractivity contribution >= 4 is 17.8 Å². The normalized spacial score (nSPS) is 14.6. The number of ether oxygens (including phenoxy) is 1. The van der Waals surface area contributed by atoms with Crippen LogP contribution >= 0.6 is 0 Å². The van der Waals surface area contributed by atoms with Gasteiger partial charge in [0.1, 0.15) is 5.75 Å². The van der Waals surface area contributed by atoms with Crippen LogP contribution in [0.1, 0.15) is 5.56 Å². The number of carbonyl (C=O) groups excluding carboxylic acids is 2. The average Bonchev–Trinajstić information content (AvgIpc) is 2.52. The van der Waals surface area contributed by atoms with Crippen molar-refractivity contribution in [2.24, 2.45) is 0 Å². The molecular formula is C15H18N2O5. The standard InChI is InChI=1S/C15H18N2O5/c1-11-3-2-4-12(9-11)22-10-13(18)16-5-7-17(8-6-16)14(19)15(20)21/h2-4,9H,5-8,10H2,1H3,(H,20,21). The van der Waals surface area contributed by atoms with Crippen molar-refractivity contribution in [1.29, 1.82) is 0 Å². The Bertz CT molecular complexity index is 579. The third-order valence-corrected chi connectivity index (χ3v) is 3.45. The number of nitrogens with zero attached hydrogens (tertiary/aromatic N) is 2. The lowest BCUT2D eigenvalue weighted by molar-refractivity contribution is -0.157. The van der Waals surface area contributed by atoms with Gasteiger partial charge in [-0.1, -0.05) is 12.1 Å². The summed E-state index contributed by atoms with van der Waals surface area (Å²) >= 11 is 0. The molecule has 2 rings (SSSR count). The molecule has 1 N–H and O–H groups in total. The zero-order valence-corrected chi connectivity index (χ0v) is 12.3. The van der Waals surface area contributed by atoms with Gasteiger partial charge in [0.05, 0.1) is 0 Å². The number of carboxylic acid groups (broad SMARTS) is 1. The van der Waals surface area contributed by atoms with Crippen LogP contribution < -0.4 is 4.74 Å². The zero-order chi connectivity index (χ0) is 16.1. The van der Waals surface area contributed by atoms with Gasteiger partial charge in [0.15, 0.2) is 6.61 Å². The van der Waals surface area contributed by atoms with Crippen LogP contribution in [0.25, 0.3) is 0 Å². The molecule has 0 aromatic heterocycles. The Labute approximate surface area is 128 Å². The fourth-order valence-corrected chi connectivity index (χ4v) is 2.24. The largest absolute Gasteiger partial charge is 0.484 e. The Hall–Kier alpha value is -2.57. The van der Waals surface area contributed by atoms with E-state index in [0.29, 0.717) is 18.8 Å². The molecular weight excluding hydrogens is 288 g/mol. The van der Waals surface area contributed by atoms with E-state index in [1.165, 1.54) is 4.90 Å². The molecule has 0 bridgehead atoms. The van der Waals surface area contributed by atoms with Gasteiger partial charge >= 0.3 is 11.9 Å². The maximum Gasteiger partial charge on any atom is 0.394 e. The van der Waals surface area contributed by atoms with E-state index in [1.54, 1.807) is 11.0 Å². The second-order valence-corrected chi connectivity index (χ2v) is 5.08. The number of aliphatic carboxylic acids is 1. The van der Waals surface area contributed by atoms with E-state index in [9.17, 15) is 14.4 Å². The molecule has 1 aromatic rings. The van der Waals surface area contributed by atoms with Crippen LogP contribution in [0.5, 0.6) is 5.75 Å². The molecule has 0 saturated carbocycles. The minimum Gasteiger partial charge on any atom is -0.484 e. The second kappa shape index (κ2) is 6.93. The Morgan fingerprint density at radius 1 is 1.14 bits per heavy atom. The van der Waals surface area contributed by atoms with E-state index in [0.717, 1.165) is 5.56 Å². The molecule has 0 radical (unpaired) electrons. The predicted molar refractivity (Wildman–Crippen MR) is 77.5 cm³/mol. The molecule has 1 fully saturated rings. The number of hydrogen-bond acceptors (Lipinski definition) is 4. The third kappa shape index (κ3) is 3.97. The summed E-state index contributed by atoms with van der Waals surface area (Å²) in [5.41, 5.74) is 1.05. The molecule has 0 unspecified atom stereocenters. The van der Waals surface area contributed by atoms with Gasteiger partial charge in [0, 0.05) is 26.2 Å². The average molecular weight is 306 g/mol. The van der Waals surface area contributed by atoms with Crippen molar-refractivity contribution in [2.45, 2.75) is 6.92 Å². The lowest BCUT2D eigenvalue weighted by Crippen LogP contribution is -2.53. The highest BCUT2D eigenvalue weighted by atomic mass is 16.5. The Morgan fingerprint density at radius 3 is 2.36 bits per heavy atom. The van der Waals surface area contributed by atoms with Crippen molar-refractivity contribution in [3.63, 3.8) is 0 Å². The van der Waals surface area contributed by atoms with E-state index >= 15 is 0 Å². The van der Waals surface area contributed by atoms with Crippen molar-refractivity contribution < 1.29 is 24.2 Å². The summed E-state index contributed by atoms with van der Waals surface area (Å²) in [5.74, 6) is -1.94. The maximum atomic E-state index is 12.0. The van der Waals surface area contributed by atoms with Crippen LogP contribution in [-0.4, -0.2) is 65.5 Å². The SMILES string of the molecule is Cc1cccc(OCC(=O)N2CCN(C(=O)C(=O)O)CC2)c1. The van der Waals surface area contributed by atoms with E-state index in [2.05, 4.69) is 0 Å². The molecule has 1 saturated heterocycles. The highest BCUT2D eigenvalue weighted by Crippen LogP contribution is 2.12. The summed E-state index contributed by atoms with van der Waals surface area (Å²) in [6.45, 7) is 2.94. The fraction of sp³-hybridized carbons (Fsp3) is 0.400. The minimum atomic E-state index is -1.47. The molecule has 7 heteroatoms. The molecule has 118 valence electrons. The lowest BCUT2D eigenvalue weighted by atomic mass is 10.2. The van der Waals surface area contributed by atoms with Crippen LogP contribution in [0, 0.1) is 6.92 Å². The molecule has 22 heavy (non-hydrogen) atoms. The number of aryl methyl sites for hydroxylation is 1. The number of piperazine rings is 1. The van der Waals surface area contributed by atoms with Crippen LogP contribution in [-0.2, 0) is 14.4 Å². The summed E-state index contributed by atoms with van der Waals surface area (Å²) in [5, 5.41) is 8.65. The van der Waals surface area contributed by atoms with Gasteiger partial charge in [-0.25, -0.2) is 4.79 Å². The van der Waals surface area contributed by atoms with Crippen LogP contribution in [0.4, 0.5) is 0 Å². The van der Waals surface area contributed by atoms with Gasteiger partial charge in [-0.05, 0) is 24.6 Å². The van der Waals surface area contributed by atoms with Crippen molar-refractivity contribution in [1.82, 2.24) is 9.80 Å². The first-order valence-corrected chi connectivity index (χ1v) is 6.97. The van der Waals surface area contributed by atoms with Gasteiger partial charge < -0.3 is 19.6 Å². The highest BCUT2D eigenvalue weighted by molar-refractivity contribution is 6.31. The number of amides is 2. The summed E-state index contributed by atoms with van der Waals surface area (Å²) in [7, 11) is 0. The highest BCUT2D eigenvalue weighted by Gasteiger charge is 2.27. The maximum absolute atomic E-state index is 12.0. The van der Waals surface area contributed by atoms with E-state index < -0.39 is 11.9 Å². The van der Waals surface area contributed by atoms with E-state index in [4.69, 9.17) is 9.84 Å². The lowest BCUT2D eigenvalue weighted by Gasteiger charge is -2.33. The first kappa shape index (κ1) is 15.8. The molecule has 1 aromatic carbocycles. The second-order valence-electron chi connectivity index (χ2n) is 5.08. The third-order valence-electron chi connectivity index (χ3n) is 3.45. The zero-order valence-electron chi connectivity index (χ0n) is 12.3. The van der Waals surface area contributed by atoms with Crippen LogP contribution in [0.3, 0.4) is 0 Å². The summed E-state index contributed by atoms with van der Waals surface area (Å²) < 4.78 is 5.45. The summed E-state index contributed by atoms with van der Waals surface area (Å²) in [6.07, 6.45) is 0. The molecule has 1 aliphatic heterocycles. The molecule has 2 amide bonds. The summed E-state index contributed by atoms with van der Waals surface area (Å²) in [6, 6.07) is 7.42. The van der Waals surface area contributed by atoms with Crippen LogP contribution in [0.2, 0.25) is 0 Å². The summed E-state index contributed by atoms with van der Waals surface area (Å²) in [4.78, 5) is 36.8. The van der Waals surface area contributed by atoms with Gasteiger partial charge in [-0.2, -0.15) is 0 Å². The van der Waals surface area contributed by atoms with Gasteiger partial charge in [0.25, 0.3) is 5.91 Å². The molecule has 7 nitrogen and oxygen atoms in total. The van der Waals surface area contributed by atoms with E-state index in [1.807, 2.05) is 25.1 Å². The predicted octanol–water partition coefficient (Wildman–Crippen LogP) is 0.129. The molecule has 0 atom stereocenters. The van der Waals surface area contributed by atoms with Crippen molar-refractivity contribution in [3.8, 4) is 5.75 Å². The smallest absolute Gasteiger partial charge is 0.394 e. The molecule has 1 aliphatic rings. The minimum absolute atomic E-state index is 0.0731. The monoisotopic (exact) mass is 306 g/mol.